The number of nitrogens with zero attached hydrogens (tertiary/aromatic N) is 2. The monoisotopic (exact) mass is 436 g/mol. The minimum absolute atomic E-state index is 0.0940. The van der Waals surface area contributed by atoms with Gasteiger partial charge in [0.05, 0.1) is 44.7 Å². The summed E-state index contributed by atoms with van der Waals surface area (Å²) in [7, 11) is 1.61. The SMILES string of the molecule is COc1ccccc1COCC(O)Cn1cnc2sc(C)c(-c3ccccc3)c2c1=O. The molecule has 1 N–H and O–H groups in total. The maximum absolute atomic E-state index is 13.2. The summed E-state index contributed by atoms with van der Waals surface area (Å²) in [4.78, 5) is 19.4. The second-order valence-corrected chi connectivity index (χ2v) is 8.47. The van der Waals surface area contributed by atoms with E-state index in [1.54, 1.807) is 7.11 Å². The van der Waals surface area contributed by atoms with Gasteiger partial charge >= 0.3 is 0 Å². The van der Waals surface area contributed by atoms with Crippen molar-refractivity contribution in [2.75, 3.05) is 13.7 Å². The summed E-state index contributed by atoms with van der Waals surface area (Å²) < 4.78 is 12.4. The van der Waals surface area contributed by atoms with Crippen LogP contribution in [0.3, 0.4) is 0 Å². The normalized spacial score (nSPS) is 12.2. The summed E-state index contributed by atoms with van der Waals surface area (Å²) in [5.41, 5.74) is 2.65. The Balaban J connectivity index is 1.51. The van der Waals surface area contributed by atoms with Crippen molar-refractivity contribution in [3.8, 4) is 16.9 Å². The van der Waals surface area contributed by atoms with E-state index in [4.69, 9.17) is 9.47 Å². The standard InChI is InChI=1S/C24H24N2O4S/c1-16-21(17-8-4-3-5-9-17)22-23(31-16)25-15-26(24(22)28)12-19(27)14-30-13-18-10-6-7-11-20(18)29-2/h3-11,15,19,27H,12-14H2,1-2H3. The van der Waals surface area contributed by atoms with Gasteiger partial charge in [-0.2, -0.15) is 0 Å². The Bertz CT molecular complexity index is 1230. The van der Waals surface area contributed by atoms with Crippen LogP contribution in [0.5, 0.6) is 5.75 Å². The highest BCUT2D eigenvalue weighted by atomic mass is 32.1. The number of hydrogen-bond acceptors (Lipinski definition) is 6. The van der Waals surface area contributed by atoms with Crippen LogP contribution in [0.15, 0.2) is 65.7 Å². The van der Waals surface area contributed by atoms with E-state index in [0.29, 0.717) is 16.8 Å². The van der Waals surface area contributed by atoms with Gasteiger partial charge in [0.15, 0.2) is 0 Å². The number of para-hydroxylation sites is 1. The van der Waals surface area contributed by atoms with Gasteiger partial charge in [0.1, 0.15) is 10.6 Å². The first-order chi connectivity index (χ1) is 15.1. The maximum atomic E-state index is 13.2. The molecule has 2 aromatic carbocycles. The molecule has 0 radical (unpaired) electrons. The molecule has 0 amide bonds. The zero-order chi connectivity index (χ0) is 21.8. The number of aryl methyl sites for hydroxylation is 1. The number of fused-ring (bicyclic) bond motifs is 1. The molecule has 6 nitrogen and oxygen atoms in total. The van der Waals surface area contributed by atoms with E-state index >= 15 is 0 Å². The first-order valence-corrected chi connectivity index (χ1v) is 10.8. The topological polar surface area (TPSA) is 73.6 Å². The van der Waals surface area contributed by atoms with Crippen LogP contribution < -0.4 is 10.3 Å². The second-order valence-electron chi connectivity index (χ2n) is 7.26. The summed E-state index contributed by atoms with van der Waals surface area (Å²) in [6.45, 7) is 2.52. The number of methoxy groups -OCH3 is 1. The van der Waals surface area contributed by atoms with Crippen molar-refractivity contribution in [3.05, 3.63) is 81.7 Å². The highest BCUT2D eigenvalue weighted by molar-refractivity contribution is 7.19. The van der Waals surface area contributed by atoms with Crippen molar-refractivity contribution in [3.63, 3.8) is 0 Å². The molecule has 0 aliphatic carbocycles. The molecule has 160 valence electrons. The van der Waals surface area contributed by atoms with E-state index in [2.05, 4.69) is 4.98 Å². The lowest BCUT2D eigenvalue weighted by molar-refractivity contribution is 0.0192. The van der Waals surface area contributed by atoms with Gasteiger partial charge in [-0.3, -0.25) is 9.36 Å². The fourth-order valence-electron chi connectivity index (χ4n) is 3.63. The molecule has 0 saturated heterocycles. The highest BCUT2D eigenvalue weighted by Crippen LogP contribution is 2.35. The number of ether oxygens (including phenoxy) is 2. The number of thiophene rings is 1. The first-order valence-electron chi connectivity index (χ1n) is 10.00. The van der Waals surface area contributed by atoms with Crippen molar-refractivity contribution >= 4 is 21.6 Å². The van der Waals surface area contributed by atoms with Gasteiger partial charge < -0.3 is 14.6 Å². The molecular formula is C24H24N2O4S. The van der Waals surface area contributed by atoms with Crippen LogP contribution in [0.4, 0.5) is 0 Å². The molecule has 1 atom stereocenters. The molecule has 2 heterocycles. The number of benzene rings is 2. The average molecular weight is 437 g/mol. The lowest BCUT2D eigenvalue weighted by Crippen LogP contribution is -2.29. The lowest BCUT2D eigenvalue weighted by Gasteiger charge is -2.14. The zero-order valence-electron chi connectivity index (χ0n) is 17.4. The summed E-state index contributed by atoms with van der Waals surface area (Å²) in [5.74, 6) is 0.740. The largest absolute Gasteiger partial charge is 0.496 e. The van der Waals surface area contributed by atoms with Gasteiger partial charge in [-0.15, -0.1) is 11.3 Å². The van der Waals surface area contributed by atoms with Gasteiger partial charge in [0.2, 0.25) is 0 Å². The minimum atomic E-state index is -0.841. The van der Waals surface area contributed by atoms with E-state index in [9.17, 15) is 9.90 Å². The summed E-state index contributed by atoms with van der Waals surface area (Å²) >= 11 is 1.51. The molecule has 2 aromatic heterocycles. The van der Waals surface area contributed by atoms with Crippen molar-refractivity contribution in [1.82, 2.24) is 9.55 Å². The Morgan fingerprint density at radius 3 is 2.65 bits per heavy atom. The number of aliphatic hydroxyl groups excluding tert-OH is 1. The van der Waals surface area contributed by atoms with Crippen LogP contribution in [0.1, 0.15) is 10.4 Å². The molecule has 1 unspecified atom stereocenters. The third-order valence-corrected chi connectivity index (χ3v) is 6.10. The molecule has 31 heavy (non-hydrogen) atoms. The molecule has 0 aliphatic heterocycles. The molecule has 7 heteroatoms. The van der Waals surface area contributed by atoms with Crippen LogP contribution in [-0.2, 0) is 17.9 Å². The van der Waals surface area contributed by atoms with Crippen molar-refractivity contribution < 1.29 is 14.6 Å². The van der Waals surface area contributed by atoms with Crippen LogP contribution in [0.2, 0.25) is 0 Å². The lowest BCUT2D eigenvalue weighted by atomic mass is 10.0. The predicted octanol–water partition coefficient (Wildman–Crippen LogP) is 4.02. The average Bonchev–Trinajstić information content (AvgIpc) is 3.13. The molecule has 0 spiro atoms. The van der Waals surface area contributed by atoms with Gasteiger partial charge in [0.25, 0.3) is 5.56 Å². The van der Waals surface area contributed by atoms with Crippen LogP contribution in [-0.4, -0.2) is 34.5 Å². The fraction of sp³-hybridized carbons (Fsp3) is 0.250. The third kappa shape index (κ3) is 4.54. The van der Waals surface area contributed by atoms with E-state index in [1.807, 2.05) is 61.5 Å². The molecule has 4 aromatic rings. The van der Waals surface area contributed by atoms with E-state index < -0.39 is 6.10 Å². The van der Waals surface area contributed by atoms with Crippen LogP contribution >= 0.6 is 11.3 Å². The molecule has 0 fully saturated rings. The molecule has 4 rings (SSSR count). The van der Waals surface area contributed by atoms with E-state index in [1.165, 1.54) is 22.2 Å². The first kappa shape index (κ1) is 21.2. The number of aliphatic hydroxyl groups is 1. The van der Waals surface area contributed by atoms with Gasteiger partial charge in [0, 0.05) is 16.0 Å². The molecule has 0 bridgehead atoms. The Morgan fingerprint density at radius 2 is 1.87 bits per heavy atom. The zero-order valence-corrected chi connectivity index (χ0v) is 18.3. The summed E-state index contributed by atoms with van der Waals surface area (Å²) in [5, 5.41) is 11.0. The van der Waals surface area contributed by atoms with Crippen LogP contribution in [0.25, 0.3) is 21.3 Å². The summed E-state index contributed by atoms with van der Waals surface area (Å²) in [6.07, 6.45) is 0.658. The van der Waals surface area contributed by atoms with Crippen molar-refractivity contribution in [1.29, 1.82) is 0 Å². The number of aromatic nitrogens is 2. The van der Waals surface area contributed by atoms with Gasteiger partial charge in [-0.05, 0) is 18.6 Å². The van der Waals surface area contributed by atoms with Gasteiger partial charge in [-0.1, -0.05) is 48.5 Å². The van der Waals surface area contributed by atoms with Crippen molar-refractivity contribution in [2.45, 2.75) is 26.2 Å². The highest BCUT2D eigenvalue weighted by Gasteiger charge is 2.18. The quantitative estimate of drug-likeness (QED) is 0.452. The Kier molecular flexibility index (Phi) is 6.46. The molecule has 0 saturated carbocycles. The maximum Gasteiger partial charge on any atom is 0.262 e. The number of rotatable bonds is 8. The smallest absolute Gasteiger partial charge is 0.262 e. The molecular weight excluding hydrogens is 412 g/mol. The predicted molar refractivity (Wildman–Crippen MR) is 123 cm³/mol. The minimum Gasteiger partial charge on any atom is -0.496 e. The third-order valence-electron chi connectivity index (χ3n) is 5.09. The van der Waals surface area contributed by atoms with Crippen molar-refractivity contribution in [2.24, 2.45) is 0 Å². The Morgan fingerprint density at radius 1 is 1.13 bits per heavy atom. The fourth-order valence-corrected chi connectivity index (χ4v) is 4.63. The molecule has 0 aliphatic rings. The Labute approximate surface area is 184 Å². The Hall–Kier alpha value is -3.00. The van der Waals surface area contributed by atoms with E-state index in [0.717, 1.165) is 27.3 Å². The second kappa shape index (κ2) is 9.43. The van der Waals surface area contributed by atoms with Crippen LogP contribution in [0, 0.1) is 6.92 Å². The summed E-state index contributed by atoms with van der Waals surface area (Å²) in [6, 6.07) is 17.4. The van der Waals surface area contributed by atoms with Gasteiger partial charge in [-0.25, -0.2) is 4.98 Å². The van der Waals surface area contributed by atoms with E-state index in [-0.39, 0.29) is 18.7 Å². The number of hydrogen-bond donors (Lipinski definition) is 1.